The van der Waals surface area contributed by atoms with Crippen molar-refractivity contribution >= 4 is 15.7 Å². The fourth-order valence-electron chi connectivity index (χ4n) is 1.69. The van der Waals surface area contributed by atoms with Crippen molar-refractivity contribution in [1.29, 1.82) is 0 Å². The van der Waals surface area contributed by atoms with Gasteiger partial charge in [-0.2, -0.15) is 0 Å². The first-order valence-corrected chi connectivity index (χ1v) is 7.38. The second-order valence-corrected chi connectivity index (χ2v) is 6.03. The lowest BCUT2D eigenvalue weighted by Crippen LogP contribution is -2.10. The fourth-order valence-corrected chi connectivity index (χ4v) is 2.31. The predicted molar refractivity (Wildman–Crippen MR) is 71.0 cm³/mol. The minimum absolute atomic E-state index is 0.620. The van der Waals surface area contributed by atoms with Gasteiger partial charge >= 0.3 is 0 Å². The van der Waals surface area contributed by atoms with E-state index in [4.69, 9.17) is 0 Å². The van der Waals surface area contributed by atoms with Crippen molar-refractivity contribution in [1.82, 2.24) is 9.97 Å². The summed E-state index contributed by atoms with van der Waals surface area (Å²) >= 11 is 0. The van der Waals surface area contributed by atoms with Gasteiger partial charge in [0, 0.05) is 18.3 Å². The second kappa shape index (κ2) is 4.81. The minimum Gasteiger partial charge on any atom is -0.348 e. The first kappa shape index (κ1) is 12.6. The van der Waals surface area contributed by atoms with E-state index in [-0.39, 0.29) is 0 Å². The third-order valence-corrected chi connectivity index (χ3v) is 3.14. The van der Waals surface area contributed by atoms with Gasteiger partial charge in [0.25, 0.3) is 0 Å². The van der Waals surface area contributed by atoms with E-state index >= 15 is 0 Å². The molecule has 0 amide bonds. The molecule has 0 saturated heterocycles. The molecular weight excluding hydrogens is 250 g/mol. The zero-order valence-corrected chi connectivity index (χ0v) is 11.1. The number of aromatic amines is 1. The Bertz CT molecular complexity index is 633. The third-order valence-electron chi connectivity index (χ3n) is 2.55. The van der Waals surface area contributed by atoms with Crippen molar-refractivity contribution in [2.45, 2.75) is 13.3 Å². The molecule has 5 nitrogen and oxygen atoms in total. The zero-order valence-electron chi connectivity index (χ0n) is 10.3. The molecule has 0 aliphatic heterocycles. The number of sulfonamides is 1. The molecule has 2 rings (SSSR count). The van der Waals surface area contributed by atoms with Gasteiger partial charge in [0.1, 0.15) is 0 Å². The van der Waals surface area contributed by atoms with E-state index < -0.39 is 10.0 Å². The normalized spacial score (nSPS) is 11.4. The Morgan fingerprint density at radius 3 is 2.78 bits per heavy atom. The Balaban J connectivity index is 2.26. The molecule has 96 valence electrons. The Morgan fingerprint density at radius 1 is 1.39 bits per heavy atom. The molecular formula is C12H15N3O2S. The molecule has 0 bridgehead atoms. The smallest absolute Gasteiger partial charge is 0.229 e. The number of hydrogen-bond acceptors (Lipinski definition) is 3. The van der Waals surface area contributed by atoms with E-state index in [9.17, 15) is 8.42 Å². The highest BCUT2D eigenvalue weighted by Crippen LogP contribution is 2.19. The van der Waals surface area contributed by atoms with E-state index in [1.165, 1.54) is 0 Å². The van der Waals surface area contributed by atoms with Crippen LogP contribution in [0.5, 0.6) is 0 Å². The van der Waals surface area contributed by atoms with Crippen LogP contribution in [-0.4, -0.2) is 24.6 Å². The van der Waals surface area contributed by atoms with E-state index in [0.29, 0.717) is 12.1 Å². The van der Waals surface area contributed by atoms with Crippen molar-refractivity contribution in [2.24, 2.45) is 0 Å². The maximum absolute atomic E-state index is 11.3. The molecule has 18 heavy (non-hydrogen) atoms. The summed E-state index contributed by atoms with van der Waals surface area (Å²) in [4.78, 5) is 6.97. The topological polar surface area (TPSA) is 74.8 Å². The Labute approximate surface area is 106 Å². The number of nitrogens with one attached hydrogen (secondary N) is 2. The molecule has 0 aliphatic carbocycles. The maximum atomic E-state index is 11.3. The van der Waals surface area contributed by atoms with Crippen LogP contribution in [0.4, 0.5) is 5.69 Å². The summed E-state index contributed by atoms with van der Waals surface area (Å²) < 4.78 is 25.0. The van der Waals surface area contributed by atoms with Gasteiger partial charge in [-0.1, -0.05) is 12.1 Å². The van der Waals surface area contributed by atoms with Gasteiger partial charge in [-0.25, -0.2) is 13.4 Å². The van der Waals surface area contributed by atoms with Crippen LogP contribution < -0.4 is 4.72 Å². The highest BCUT2D eigenvalue weighted by molar-refractivity contribution is 7.92. The molecule has 0 radical (unpaired) electrons. The Hall–Kier alpha value is -1.82. The summed E-state index contributed by atoms with van der Waals surface area (Å²) in [5.41, 5.74) is 3.53. The van der Waals surface area contributed by atoms with Gasteiger partial charge in [-0.3, -0.25) is 4.72 Å². The van der Waals surface area contributed by atoms with Gasteiger partial charge < -0.3 is 4.98 Å². The predicted octanol–water partition coefficient (Wildman–Crippen LogP) is 1.68. The molecule has 1 heterocycles. The average Bonchev–Trinajstić information content (AvgIpc) is 2.74. The quantitative estimate of drug-likeness (QED) is 0.883. The van der Waals surface area contributed by atoms with Crippen LogP contribution in [0.2, 0.25) is 0 Å². The van der Waals surface area contributed by atoms with Crippen molar-refractivity contribution in [3.63, 3.8) is 0 Å². The number of nitrogens with zero attached hydrogens (tertiary/aromatic N) is 1. The molecule has 2 N–H and O–H groups in total. The lowest BCUT2D eigenvalue weighted by atomic mass is 10.1. The van der Waals surface area contributed by atoms with Crippen molar-refractivity contribution in [3.05, 3.63) is 47.5 Å². The molecule has 0 spiro atoms. The number of rotatable bonds is 4. The monoisotopic (exact) mass is 265 g/mol. The van der Waals surface area contributed by atoms with E-state index in [0.717, 1.165) is 23.1 Å². The number of aryl methyl sites for hydroxylation is 1. The number of benzene rings is 1. The molecule has 0 saturated carbocycles. The van der Waals surface area contributed by atoms with Crippen molar-refractivity contribution in [2.75, 3.05) is 11.0 Å². The van der Waals surface area contributed by atoms with Gasteiger partial charge in [0.15, 0.2) is 0 Å². The van der Waals surface area contributed by atoms with E-state index in [1.807, 2.05) is 25.1 Å². The lowest BCUT2D eigenvalue weighted by Gasteiger charge is -2.09. The number of imidazole rings is 1. The van der Waals surface area contributed by atoms with Crippen LogP contribution in [0.15, 0.2) is 30.7 Å². The third kappa shape index (κ3) is 3.33. The first-order chi connectivity index (χ1) is 8.44. The van der Waals surface area contributed by atoms with Crippen LogP contribution in [0, 0.1) is 6.92 Å². The highest BCUT2D eigenvalue weighted by Gasteiger charge is 2.06. The SMILES string of the molecule is Cc1ccc(Cc2cnc[nH]2)cc1NS(C)(=O)=O. The maximum Gasteiger partial charge on any atom is 0.229 e. The second-order valence-electron chi connectivity index (χ2n) is 4.28. The van der Waals surface area contributed by atoms with Gasteiger partial charge in [0.2, 0.25) is 10.0 Å². The first-order valence-electron chi connectivity index (χ1n) is 5.48. The van der Waals surface area contributed by atoms with Gasteiger partial charge in [0.05, 0.1) is 18.3 Å². The number of H-pyrrole nitrogens is 1. The van der Waals surface area contributed by atoms with Gasteiger partial charge in [-0.05, 0) is 24.1 Å². The van der Waals surface area contributed by atoms with Gasteiger partial charge in [-0.15, -0.1) is 0 Å². The van der Waals surface area contributed by atoms with Crippen LogP contribution in [0.25, 0.3) is 0 Å². The van der Waals surface area contributed by atoms with Crippen LogP contribution in [0.3, 0.4) is 0 Å². The summed E-state index contributed by atoms with van der Waals surface area (Å²) in [5, 5.41) is 0. The summed E-state index contributed by atoms with van der Waals surface area (Å²) in [7, 11) is -3.25. The zero-order chi connectivity index (χ0) is 13.2. The molecule has 0 atom stereocenters. The summed E-state index contributed by atoms with van der Waals surface area (Å²) in [6, 6.07) is 5.72. The van der Waals surface area contributed by atoms with Crippen LogP contribution >= 0.6 is 0 Å². The fraction of sp³-hybridized carbons (Fsp3) is 0.250. The Kier molecular flexibility index (Phi) is 3.38. The number of hydrogen-bond donors (Lipinski definition) is 2. The lowest BCUT2D eigenvalue weighted by molar-refractivity contribution is 0.607. The summed E-state index contributed by atoms with van der Waals surface area (Å²) in [5.74, 6) is 0. The molecule has 6 heteroatoms. The molecule has 2 aromatic rings. The summed E-state index contributed by atoms with van der Waals surface area (Å²) in [6.45, 7) is 1.87. The number of aromatic nitrogens is 2. The van der Waals surface area contributed by atoms with Crippen molar-refractivity contribution in [3.8, 4) is 0 Å². The minimum atomic E-state index is -3.25. The van der Waals surface area contributed by atoms with Crippen LogP contribution in [-0.2, 0) is 16.4 Å². The van der Waals surface area contributed by atoms with E-state index in [1.54, 1.807) is 12.5 Å². The number of anilines is 1. The standard InChI is InChI=1S/C12H15N3O2S/c1-9-3-4-10(5-11-7-13-8-14-11)6-12(9)15-18(2,16)17/h3-4,6-8,15H,5H2,1-2H3,(H,13,14). The van der Waals surface area contributed by atoms with E-state index in [2.05, 4.69) is 14.7 Å². The van der Waals surface area contributed by atoms with Crippen LogP contribution in [0.1, 0.15) is 16.8 Å². The molecule has 0 fully saturated rings. The average molecular weight is 265 g/mol. The highest BCUT2D eigenvalue weighted by atomic mass is 32.2. The largest absolute Gasteiger partial charge is 0.348 e. The summed E-state index contributed by atoms with van der Waals surface area (Å²) in [6.07, 6.45) is 5.22. The Morgan fingerprint density at radius 2 is 2.17 bits per heavy atom. The molecule has 1 aromatic carbocycles. The molecule has 1 aromatic heterocycles. The van der Waals surface area contributed by atoms with Crippen molar-refractivity contribution < 1.29 is 8.42 Å². The molecule has 0 aliphatic rings. The molecule has 0 unspecified atom stereocenters.